The highest BCUT2D eigenvalue weighted by Crippen LogP contribution is 2.72. The van der Waals surface area contributed by atoms with Crippen molar-refractivity contribution in [3.05, 3.63) is 0 Å². The Morgan fingerprint density at radius 1 is 0.917 bits per heavy atom. The molecule has 0 saturated heterocycles. The highest BCUT2D eigenvalue weighted by atomic mass is 14.7. The molecule has 4 atom stereocenters. The Balaban J connectivity index is 2.08. The van der Waals surface area contributed by atoms with Crippen LogP contribution in [0.15, 0.2) is 0 Å². The van der Waals surface area contributed by atoms with E-state index in [0.717, 1.165) is 22.7 Å². The molecule has 0 nitrogen and oxygen atoms in total. The molecular weight excluding hydrogens is 144 g/mol. The molecule has 3 saturated carbocycles. The first-order chi connectivity index (χ1) is 5.67. The molecule has 0 spiro atoms. The summed E-state index contributed by atoms with van der Waals surface area (Å²) in [6.45, 7) is 5.17. The summed E-state index contributed by atoms with van der Waals surface area (Å²) >= 11 is 0. The Morgan fingerprint density at radius 3 is 1.92 bits per heavy atom. The molecule has 0 radical (unpaired) electrons. The van der Waals surface area contributed by atoms with Crippen LogP contribution in [0.1, 0.15) is 52.4 Å². The molecule has 3 aliphatic rings. The van der Waals surface area contributed by atoms with E-state index in [9.17, 15) is 0 Å². The van der Waals surface area contributed by atoms with Gasteiger partial charge in [0.2, 0.25) is 0 Å². The second kappa shape index (κ2) is 1.91. The van der Waals surface area contributed by atoms with E-state index in [2.05, 4.69) is 13.8 Å². The van der Waals surface area contributed by atoms with Gasteiger partial charge in [-0.1, -0.05) is 20.3 Å². The van der Waals surface area contributed by atoms with Crippen molar-refractivity contribution in [1.29, 1.82) is 0 Å². The highest BCUT2D eigenvalue weighted by Gasteiger charge is 2.63. The van der Waals surface area contributed by atoms with E-state index < -0.39 is 0 Å². The Hall–Kier alpha value is 0. The fourth-order valence-electron chi connectivity index (χ4n) is 4.87. The maximum Gasteiger partial charge on any atom is -0.0241 e. The van der Waals surface area contributed by atoms with Crippen molar-refractivity contribution in [2.24, 2.45) is 22.7 Å². The van der Waals surface area contributed by atoms with Gasteiger partial charge < -0.3 is 0 Å². The molecule has 0 aromatic carbocycles. The van der Waals surface area contributed by atoms with Gasteiger partial charge in [0.05, 0.1) is 0 Å². The van der Waals surface area contributed by atoms with Gasteiger partial charge in [-0.15, -0.1) is 0 Å². The van der Waals surface area contributed by atoms with Gasteiger partial charge in [0.25, 0.3) is 0 Å². The summed E-state index contributed by atoms with van der Waals surface area (Å²) in [5, 5.41) is 0. The van der Waals surface area contributed by atoms with Gasteiger partial charge in [0.1, 0.15) is 0 Å². The van der Waals surface area contributed by atoms with Gasteiger partial charge in [-0.2, -0.15) is 0 Å². The Kier molecular flexibility index (Phi) is 1.18. The molecule has 12 heavy (non-hydrogen) atoms. The number of rotatable bonds is 0. The normalized spacial score (nSPS) is 62.5. The Labute approximate surface area is 75.7 Å². The van der Waals surface area contributed by atoms with E-state index in [-0.39, 0.29) is 0 Å². The molecule has 2 bridgehead atoms. The van der Waals surface area contributed by atoms with Gasteiger partial charge >= 0.3 is 0 Å². The van der Waals surface area contributed by atoms with Crippen LogP contribution in [-0.4, -0.2) is 0 Å². The first kappa shape index (κ1) is 7.41. The lowest BCUT2D eigenvalue weighted by molar-refractivity contribution is 0.0392. The van der Waals surface area contributed by atoms with Crippen LogP contribution in [0.4, 0.5) is 0 Å². The van der Waals surface area contributed by atoms with Crippen molar-refractivity contribution in [3.8, 4) is 0 Å². The second-order valence-electron chi connectivity index (χ2n) is 5.90. The molecule has 0 N–H and O–H groups in total. The lowest BCUT2D eigenvalue weighted by Gasteiger charge is -2.45. The monoisotopic (exact) mass is 164 g/mol. The van der Waals surface area contributed by atoms with E-state index in [1.807, 2.05) is 0 Å². The van der Waals surface area contributed by atoms with Crippen LogP contribution in [0.2, 0.25) is 0 Å². The zero-order chi connectivity index (χ0) is 8.40. The quantitative estimate of drug-likeness (QED) is 0.513. The summed E-state index contributed by atoms with van der Waals surface area (Å²) in [6.07, 6.45) is 9.26. The SMILES string of the molecule is C[C@@]12CCC[C@]1(C)[C@@H]1CC[C@H]2C1. The molecule has 0 aliphatic heterocycles. The van der Waals surface area contributed by atoms with Crippen LogP contribution in [0.25, 0.3) is 0 Å². The van der Waals surface area contributed by atoms with Crippen LogP contribution < -0.4 is 0 Å². The van der Waals surface area contributed by atoms with Crippen molar-refractivity contribution in [2.75, 3.05) is 0 Å². The standard InChI is InChI=1S/C12H20/c1-11-6-3-7-12(11,2)10-5-4-9(11)8-10/h9-10H,3-8H2,1-2H3/t9-,10+,11-,12+. The van der Waals surface area contributed by atoms with E-state index in [1.54, 1.807) is 19.3 Å². The van der Waals surface area contributed by atoms with E-state index in [0.29, 0.717) is 0 Å². The molecule has 0 aromatic rings. The average molecular weight is 164 g/mol. The molecule has 0 heteroatoms. The van der Waals surface area contributed by atoms with Gasteiger partial charge in [0, 0.05) is 0 Å². The lowest BCUT2D eigenvalue weighted by Crippen LogP contribution is -2.37. The summed E-state index contributed by atoms with van der Waals surface area (Å²) in [7, 11) is 0. The first-order valence-corrected chi connectivity index (χ1v) is 5.67. The van der Waals surface area contributed by atoms with Gasteiger partial charge in [0.15, 0.2) is 0 Å². The van der Waals surface area contributed by atoms with Crippen molar-refractivity contribution in [3.63, 3.8) is 0 Å². The van der Waals surface area contributed by atoms with E-state index >= 15 is 0 Å². The zero-order valence-electron chi connectivity index (χ0n) is 8.40. The second-order valence-corrected chi connectivity index (χ2v) is 5.90. The van der Waals surface area contributed by atoms with Crippen LogP contribution in [0, 0.1) is 22.7 Å². The molecule has 68 valence electrons. The Bertz CT molecular complexity index is 198. The minimum absolute atomic E-state index is 0.760. The number of hydrogen-bond acceptors (Lipinski definition) is 0. The predicted molar refractivity (Wildman–Crippen MR) is 50.9 cm³/mol. The molecule has 0 unspecified atom stereocenters. The molecule has 3 fully saturated rings. The first-order valence-electron chi connectivity index (χ1n) is 5.67. The summed E-state index contributed by atoms with van der Waals surface area (Å²) in [5.74, 6) is 2.21. The van der Waals surface area contributed by atoms with Gasteiger partial charge in [-0.05, 0) is 54.8 Å². The smallest absolute Gasteiger partial charge is 0.0241 e. The maximum absolute atomic E-state index is 2.59. The third-order valence-corrected chi connectivity index (χ3v) is 5.93. The molecule has 0 aromatic heterocycles. The molecule has 3 rings (SSSR count). The van der Waals surface area contributed by atoms with Crippen LogP contribution >= 0.6 is 0 Å². The number of hydrogen-bond donors (Lipinski definition) is 0. The van der Waals surface area contributed by atoms with Crippen LogP contribution in [0.3, 0.4) is 0 Å². The minimum Gasteiger partial charge on any atom is -0.0588 e. The topological polar surface area (TPSA) is 0 Å². The average Bonchev–Trinajstić information content (AvgIpc) is 2.61. The largest absolute Gasteiger partial charge is 0.0588 e. The van der Waals surface area contributed by atoms with Gasteiger partial charge in [-0.25, -0.2) is 0 Å². The van der Waals surface area contributed by atoms with Crippen molar-refractivity contribution in [2.45, 2.75) is 52.4 Å². The highest BCUT2D eigenvalue weighted by molar-refractivity contribution is 5.13. The van der Waals surface area contributed by atoms with Crippen molar-refractivity contribution >= 4 is 0 Å². The number of fused-ring (bicyclic) bond motifs is 5. The van der Waals surface area contributed by atoms with Crippen molar-refractivity contribution in [1.82, 2.24) is 0 Å². The summed E-state index contributed by atoms with van der Waals surface area (Å²) in [5.41, 5.74) is 1.52. The lowest BCUT2D eigenvalue weighted by atomic mass is 9.60. The maximum atomic E-state index is 2.59. The summed E-state index contributed by atoms with van der Waals surface area (Å²) < 4.78 is 0. The third-order valence-electron chi connectivity index (χ3n) is 5.93. The minimum atomic E-state index is 0.760. The molecular formula is C12H20. The Morgan fingerprint density at radius 2 is 1.42 bits per heavy atom. The van der Waals surface area contributed by atoms with Crippen LogP contribution in [-0.2, 0) is 0 Å². The van der Waals surface area contributed by atoms with Crippen LogP contribution in [0.5, 0.6) is 0 Å². The summed E-state index contributed by atoms with van der Waals surface area (Å²) in [6, 6.07) is 0. The molecule has 0 heterocycles. The molecule has 3 aliphatic carbocycles. The fourth-order valence-corrected chi connectivity index (χ4v) is 4.87. The van der Waals surface area contributed by atoms with Gasteiger partial charge in [-0.3, -0.25) is 0 Å². The fraction of sp³-hybridized carbons (Fsp3) is 1.00. The van der Waals surface area contributed by atoms with E-state index in [4.69, 9.17) is 0 Å². The third kappa shape index (κ3) is 0.561. The van der Waals surface area contributed by atoms with Crippen molar-refractivity contribution < 1.29 is 0 Å². The zero-order valence-corrected chi connectivity index (χ0v) is 8.40. The summed E-state index contributed by atoms with van der Waals surface area (Å²) in [4.78, 5) is 0. The predicted octanol–water partition coefficient (Wildman–Crippen LogP) is 3.61. The molecule has 0 amide bonds. The van der Waals surface area contributed by atoms with E-state index in [1.165, 1.54) is 19.3 Å².